The van der Waals surface area contributed by atoms with Gasteiger partial charge in [-0.05, 0) is 32.0 Å². The summed E-state index contributed by atoms with van der Waals surface area (Å²) in [5.74, 6) is -2.10. The molecule has 2 heterocycles. The summed E-state index contributed by atoms with van der Waals surface area (Å²) in [5, 5.41) is 18.7. The van der Waals surface area contributed by atoms with Gasteiger partial charge in [0.05, 0.1) is 23.3 Å². The molecule has 0 saturated carbocycles. The number of carbonyl (C=O) groups is 2. The van der Waals surface area contributed by atoms with Crippen LogP contribution in [0.1, 0.15) is 23.0 Å². The average molecular weight is 483 g/mol. The number of nitrogens with zero attached hydrogens (tertiary/aromatic N) is 3. The zero-order valence-corrected chi connectivity index (χ0v) is 18.9. The number of hydrogen-bond donors (Lipinski definition) is 2. The third-order valence-corrected chi connectivity index (χ3v) is 6.39. The summed E-state index contributed by atoms with van der Waals surface area (Å²) >= 11 is 7.98. The molecule has 31 heavy (non-hydrogen) atoms. The number of aryl methyl sites for hydroxylation is 1. The Morgan fingerprint density at radius 3 is 2.77 bits per heavy atom. The van der Waals surface area contributed by atoms with E-state index in [-0.39, 0.29) is 32.6 Å². The second kappa shape index (κ2) is 9.58. The average Bonchev–Trinajstić information content (AvgIpc) is 3.16. The molecule has 8 nitrogen and oxygen atoms in total. The quantitative estimate of drug-likeness (QED) is 0.373. The van der Waals surface area contributed by atoms with Crippen molar-refractivity contribution in [2.75, 3.05) is 12.4 Å². The largest absolute Gasteiger partial charge is 0.496 e. The molecule has 1 unspecified atom stereocenters. The van der Waals surface area contributed by atoms with E-state index in [1.807, 2.05) is 0 Å². The minimum atomic E-state index is -0.987. The van der Waals surface area contributed by atoms with Crippen LogP contribution in [0.5, 0.6) is 5.75 Å². The molecule has 162 valence electrons. The molecule has 0 aliphatic heterocycles. The fourth-order valence-electron chi connectivity index (χ4n) is 2.58. The first-order valence-corrected chi connectivity index (χ1v) is 10.8. The Hall–Kier alpha value is -2.76. The van der Waals surface area contributed by atoms with E-state index in [1.165, 1.54) is 32.4 Å². The lowest BCUT2D eigenvalue weighted by atomic mass is 9.98. The van der Waals surface area contributed by atoms with Crippen molar-refractivity contribution < 1.29 is 23.8 Å². The second-order valence-corrected chi connectivity index (χ2v) is 9.21. The summed E-state index contributed by atoms with van der Waals surface area (Å²) in [7, 11) is 1.39. The summed E-state index contributed by atoms with van der Waals surface area (Å²) in [6.45, 7) is 3.22. The fourth-order valence-corrected chi connectivity index (χ4v) is 4.56. The normalized spacial score (nSPS) is 11.8. The van der Waals surface area contributed by atoms with Gasteiger partial charge < -0.3 is 9.84 Å². The predicted molar refractivity (Wildman–Crippen MR) is 117 cm³/mol. The molecule has 3 rings (SSSR count). The lowest BCUT2D eigenvalue weighted by Crippen LogP contribution is -2.14. The predicted octanol–water partition coefficient (Wildman–Crippen LogP) is 4.53. The van der Waals surface area contributed by atoms with E-state index in [9.17, 15) is 14.0 Å². The lowest BCUT2D eigenvalue weighted by molar-refractivity contribution is -0.136. The molecular weight excluding hydrogens is 467 g/mol. The first kappa shape index (κ1) is 22.9. The van der Waals surface area contributed by atoms with E-state index < -0.39 is 22.9 Å². The van der Waals surface area contributed by atoms with Crippen molar-refractivity contribution in [3.63, 3.8) is 0 Å². The highest BCUT2D eigenvalue weighted by atomic mass is 35.5. The highest BCUT2D eigenvalue weighted by Gasteiger charge is 2.23. The zero-order valence-electron chi connectivity index (χ0n) is 16.5. The number of thioether (sulfide) groups is 1. The molecule has 12 heteroatoms. The van der Waals surface area contributed by atoms with Crippen LogP contribution in [-0.2, 0) is 4.79 Å². The van der Waals surface area contributed by atoms with Crippen LogP contribution in [0.15, 0.2) is 28.7 Å². The number of pyridine rings is 1. The van der Waals surface area contributed by atoms with Gasteiger partial charge in [-0.3, -0.25) is 19.9 Å². The molecule has 1 amide bonds. The molecule has 2 aromatic heterocycles. The SMILES string of the molecule is COc1ccc(Cl)c(F)c1-c1cc(C)ncc1C(=O)Nc1nnc(SC(C)C(=O)O)s1. The number of carboxylic acids is 1. The summed E-state index contributed by atoms with van der Waals surface area (Å²) in [4.78, 5) is 28.1. The van der Waals surface area contributed by atoms with Crippen LogP contribution < -0.4 is 10.1 Å². The maximum atomic E-state index is 14.9. The van der Waals surface area contributed by atoms with E-state index in [2.05, 4.69) is 20.5 Å². The zero-order chi connectivity index (χ0) is 22.7. The Bertz CT molecular complexity index is 1160. The molecule has 0 aliphatic rings. The first-order valence-electron chi connectivity index (χ1n) is 8.74. The van der Waals surface area contributed by atoms with Crippen molar-refractivity contribution in [2.24, 2.45) is 0 Å². The Morgan fingerprint density at radius 1 is 1.35 bits per heavy atom. The monoisotopic (exact) mass is 482 g/mol. The van der Waals surface area contributed by atoms with E-state index >= 15 is 0 Å². The molecule has 0 fully saturated rings. The summed E-state index contributed by atoms with van der Waals surface area (Å²) in [6.07, 6.45) is 1.32. The number of aromatic nitrogens is 3. The number of anilines is 1. The number of amides is 1. The number of halogens is 2. The number of carboxylic acid groups (broad SMARTS) is 1. The molecule has 0 bridgehead atoms. The van der Waals surface area contributed by atoms with E-state index in [4.69, 9.17) is 21.4 Å². The van der Waals surface area contributed by atoms with Gasteiger partial charge in [-0.25, -0.2) is 4.39 Å². The highest BCUT2D eigenvalue weighted by Crippen LogP contribution is 2.38. The molecule has 3 aromatic rings. The lowest BCUT2D eigenvalue weighted by Gasteiger charge is -2.14. The van der Waals surface area contributed by atoms with Crippen molar-refractivity contribution in [3.05, 3.63) is 46.5 Å². The van der Waals surface area contributed by atoms with Gasteiger partial charge in [-0.2, -0.15) is 0 Å². The molecule has 1 atom stereocenters. The number of rotatable bonds is 7. The van der Waals surface area contributed by atoms with Crippen molar-refractivity contribution in [1.82, 2.24) is 15.2 Å². The number of ether oxygens (including phenoxy) is 1. The third kappa shape index (κ3) is 5.12. The number of methoxy groups -OCH3 is 1. The second-order valence-electron chi connectivity index (χ2n) is 6.24. The van der Waals surface area contributed by atoms with Crippen LogP contribution in [-0.4, -0.2) is 44.5 Å². The standard InChI is InChI=1S/C19H16ClFN4O4S2/c1-8-6-10(14-13(29-3)5-4-12(20)15(14)21)11(7-22-8)16(26)23-18-24-25-19(31-18)30-9(2)17(27)28/h4-7,9H,1-3H3,(H,27,28)(H,23,24,26). The van der Waals surface area contributed by atoms with Crippen molar-refractivity contribution in [3.8, 4) is 16.9 Å². The van der Waals surface area contributed by atoms with E-state index in [0.29, 0.717) is 10.0 Å². The Labute approximate surface area is 189 Å². The molecule has 2 N–H and O–H groups in total. The minimum Gasteiger partial charge on any atom is -0.496 e. The summed E-state index contributed by atoms with van der Waals surface area (Å²) < 4.78 is 20.5. The van der Waals surface area contributed by atoms with Gasteiger partial charge in [0.1, 0.15) is 11.0 Å². The maximum absolute atomic E-state index is 14.9. The topological polar surface area (TPSA) is 114 Å². The van der Waals surface area contributed by atoms with Crippen molar-refractivity contribution in [1.29, 1.82) is 0 Å². The van der Waals surface area contributed by atoms with Crippen LogP contribution >= 0.6 is 34.7 Å². The molecule has 0 spiro atoms. The number of nitrogens with one attached hydrogen (secondary N) is 1. The third-order valence-electron chi connectivity index (χ3n) is 4.08. The van der Waals surface area contributed by atoms with Gasteiger partial charge in [0, 0.05) is 17.5 Å². The van der Waals surface area contributed by atoms with Crippen LogP contribution in [0.2, 0.25) is 5.02 Å². The van der Waals surface area contributed by atoms with E-state index in [1.54, 1.807) is 13.0 Å². The fraction of sp³-hybridized carbons (Fsp3) is 0.211. The molecule has 0 aliphatic carbocycles. The van der Waals surface area contributed by atoms with Gasteiger partial charge in [0.15, 0.2) is 10.2 Å². The summed E-state index contributed by atoms with van der Waals surface area (Å²) in [5.41, 5.74) is 0.925. The molecular formula is C19H16ClFN4O4S2. The van der Waals surface area contributed by atoms with Gasteiger partial charge in [-0.15, -0.1) is 10.2 Å². The highest BCUT2D eigenvalue weighted by molar-refractivity contribution is 8.02. The Kier molecular flexibility index (Phi) is 7.08. The number of hydrogen-bond acceptors (Lipinski definition) is 8. The maximum Gasteiger partial charge on any atom is 0.316 e. The number of carbonyl (C=O) groups excluding carboxylic acids is 1. The number of benzene rings is 1. The first-order chi connectivity index (χ1) is 14.7. The van der Waals surface area contributed by atoms with Gasteiger partial charge in [0.2, 0.25) is 5.13 Å². The van der Waals surface area contributed by atoms with Crippen molar-refractivity contribution in [2.45, 2.75) is 23.4 Å². The van der Waals surface area contributed by atoms with E-state index in [0.717, 1.165) is 23.1 Å². The number of aliphatic carboxylic acids is 1. The van der Waals surface area contributed by atoms with Crippen LogP contribution in [0, 0.1) is 12.7 Å². The van der Waals surface area contributed by atoms with Gasteiger partial charge >= 0.3 is 5.97 Å². The van der Waals surface area contributed by atoms with Crippen LogP contribution in [0.4, 0.5) is 9.52 Å². The Morgan fingerprint density at radius 2 is 2.10 bits per heavy atom. The van der Waals surface area contributed by atoms with Crippen molar-refractivity contribution >= 4 is 51.7 Å². The molecule has 0 saturated heterocycles. The Balaban J connectivity index is 1.95. The van der Waals surface area contributed by atoms with Gasteiger partial charge in [-0.1, -0.05) is 34.7 Å². The smallest absolute Gasteiger partial charge is 0.316 e. The van der Waals surface area contributed by atoms with Gasteiger partial charge in [0.25, 0.3) is 5.91 Å². The molecule has 0 radical (unpaired) electrons. The molecule has 1 aromatic carbocycles. The summed E-state index contributed by atoms with van der Waals surface area (Å²) in [6, 6.07) is 4.43. The van der Waals surface area contributed by atoms with Crippen LogP contribution in [0.3, 0.4) is 0 Å². The minimum absolute atomic E-state index is 0.0365. The van der Waals surface area contributed by atoms with Crippen LogP contribution in [0.25, 0.3) is 11.1 Å².